The Kier molecular flexibility index (Phi) is 2.76. The number of amidine groups is 1. The summed E-state index contributed by atoms with van der Waals surface area (Å²) in [5.41, 5.74) is 0.691. The molecule has 0 spiro atoms. The van der Waals surface area contributed by atoms with Gasteiger partial charge >= 0.3 is 0 Å². The van der Waals surface area contributed by atoms with E-state index in [1.807, 2.05) is 18.2 Å². The van der Waals surface area contributed by atoms with Gasteiger partial charge in [-0.15, -0.1) is 0 Å². The summed E-state index contributed by atoms with van der Waals surface area (Å²) in [5.74, 6) is 0.621. The van der Waals surface area contributed by atoms with Crippen molar-refractivity contribution in [2.75, 3.05) is 20.8 Å². The predicted molar refractivity (Wildman–Crippen MR) is 58.8 cm³/mol. The second kappa shape index (κ2) is 4.22. The van der Waals surface area contributed by atoms with Gasteiger partial charge in [0.2, 0.25) is 0 Å². The summed E-state index contributed by atoms with van der Waals surface area (Å²) < 4.78 is 10.2. The number of benzene rings is 1. The van der Waals surface area contributed by atoms with E-state index in [0.29, 0.717) is 17.5 Å². The maximum atomic E-state index is 11.2. The van der Waals surface area contributed by atoms with Crippen molar-refractivity contribution in [3.63, 3.8) is 0 Å². The predicted octanol–water partition coefficient (Wildman–Crippen LogP) is 1.17. The number of ether oxygens (including phenoxy) is 2. The van der Waals surface area contributed by atoms with E-state index >= 15 is 0 Å². The molecule has 0 bridgehead atoms. The number of rotatable bonds is 2. The molecule has 0 unspecified atom stereocenters. The van der Waals surface area contributed by atoms with Crippen molar-refractivity contribution in [2.45, 2.75) is 0 Å². The van der Waals surface area contributed by atoms with Crippen LogP contribution in [0.5, 0.6) is 5.75 Å². The smallest absolute Gasteiger partial charge is 0.299 e. The Morgan fingerprint density at radius 3 is 2.94 bits per heavy atom. The molecule has 0 radical (unpaired) electrons. The van der Waals surface area contributed by atoms with Crippen LogP contribution in [0.1, 0.15) is 0 Å². The fourth-order valence-corrected chi connectivity index (χ4v) is 1.32. The van der Waals surface area contributed by atoms with Crippen LogP contribution < -0.4 is 4.74 Å². The molecule has 1 amide bonds. The lowest BCUT2D eigenvalue weighted by atomic mass is 10.3. The van der Waals surface area contributed by atoms with Gasteiger partial charge in [0.1, 0.15) is 5.75 Å². The second-order valence-corrected chi connectivity index (χ2v) is 3.34. The van der Waals surface area contributed by atoms with E-state index in [2.05, 4.69) is 4.99 Å². The highest BCUT2D eigenvalue weighted by atomic mass is 16.5. The van der Waals surface area contributed by atoms with Gasteiger partial charge in [-0.25, -0.2) is 0 Å². The average Bonchev–Trinajstić information content (AvgIpc) is 2.61. The van der Waals surface area contributed by atoms with Gasteiger partial charge in [0, 0.05) is 13.1 Å². The number of likely N-dealkylation sites (N-methyl/N-ethyl adjacent to an activating group) is 1. The number of carbonyl (C=O) groups is 1. The molecule has 0 aromatic heterocycles. The van der Waals surface area contributed by atoms with Crippen molar-refractivity contribution in [3.05, 3.63) is 24.3 Å². The molecule has 0 N–H and O–H groups in total. The summed E-state index contributed by atoms with van der Waals surface area (Å²) in [5, 5.41) is 0. The summed E-state index contributed by atoms with van der Waals surface area (Å²) in [6.45, 7) is 0.0549. The summed E-state index contributed by atoms with van der Waals surface area (Å²) in [4.78, 5) is 16.8. The number of nitrogens with zero attached hydrogens (tertiary/aromatic N) is 2. The van der Waals surface area contributed by atoms with Gasteiger partial charge in [0.15, 0.2) is 6.61 Å². The lowest BCUT2D eigenvalue weighted by molar-refractivity contribution is -0.124. The average molecular weight is 220 g/mol. The number of hydrogen-bond donors (Lipinski definition) is 0. The molecule has 1 aliphatic rings. The summed E-state index contributed by atoms with van der Waals surface area (Å²) in [6, 6.07) is 7.56. The third-order valence-electron chi connectivity index (χ3n) is 2.26. The van der Waals surface area contributed by atoms with E-state index in [0.717, 1.165) is 0 Å². The molecule has 1 heterocycles. The van der Waals surface area contributed by atoms with Gasteiger partial charge in [-0.3, -0.25) is 9.69 Å². The highest BCUT2D eigenvalue weighted by Crippen LogP contribution is 2.20. The highest BCUT2D eigenvalue weighted by molar-refractivity contribution is 6.00. The van der Waals surface area contributed by atoms with Crippen molar-refractivity contribution >= 4 is 17.6 Å². The van der Waals surface area contributed by atoms with Crippen LogP contribution in [0.25, 0.3) is 0 Å². The van der Waals surface area contributed by atoms with E-state index in [4.69, 9.17) is 9.47 Å². The number of hydrogen-bond acceptors (Lipinski definition) is 4. The number of carbonyl (C=O) groups excluding carboxylic acids is 1. The van der Waals surface area contributed by atoms with Crippen LogP contribution in [0.3, 0.4) is 0 Å². The van der Waals surface area contributed by atoms with Crippen molar-refractivity contribution in [3.8, 4) is 5.75 Å². The largest absolute Gasteiger partial charge is 0.497 e. The molecule has 0 atom stereocenters. The van der Waals surface area contributed by atoms with Crippen LogP contribution in [0.4, 0.5) is 5.69 Å². The molecule has 1 aliphatic heterocycles. The molecule has 1 aromatic carbocycles. The van der Waals surface area contributed by atoms with Crippen molar-refractivity contribution < 1.29 is 14.3 Å². The van der Waals surface area contributed by atoms with Gasteiger partial charge < -0.3 is 9.47 Å². The zero-order chi connectivity index (χ0) is 11.5. The van der Waals surface area contributed by atoms with Gasteiger partial charge in [-0.05, 0) is 12.1 Å². The van der Waals surface area contributed by atoms with Crippen molar-refractivity contribution in [1.82, 2.24) is 4.90 Å². The summed E-state index contributed by atoms with van der Waals surface area (Å²) in [6.07, 6.45) is 0. The fraction of sp³-hybridized carbons (Fsp3) is 0.273. The third-order valence-corrected chi connectivity index (χ3v) is 2.26. The SMILES string of the molecule is COc1cccc(N=C2OCC(=O)N2C)c1. The maximum Gasteiger partial charge on any atom is 0.299 e. The van der Waals surface area contributed by atoms with Crippen molar-refractivity contribution in [2.24, 2.45) is 4.99 Å². The molecular weight excluding hydrogens is 208 g/mol. The molecule has 0 saturated carbocycles. The Balaban J connectivity index is 2.25. The van der Waals surface area contributed by atoms with Crippen LogP contribution >= 0.6 is 0 Å². The topological polar surface area (TPSA) is 51.1 Å². The van der Waals surface area contributed by atoms with E-state index in [1.165, 1.54) is 4.90 Å². The Bertz CT molecular complexity index is 443. The second-order valence-electron chi connectivity index (χ2n) is 3.34. The molecule has 1 saturated heterocycles. The molecule has 5 heteroatoms. The number of amides is 1. The van der Waals surface area contributed by atoms with Gasteiger partial charge in [-0.2, -0.15) is 4.99 Å². The first-order valence-corrected chi connectivity index (χ1v) is 4.83. The minimum atomic E-state index is -0.0957. The van der Waals surface area contributed by atoms with Gasteiger partial charge in [0.05, 0.1) is 12.8 Å². The Morgan fingerprint density at radius 2 is 2.31 bits per heavy atom. The van der Waals surface area contributed by atoms with E-state index in [-0.39, 0.29) is 12.5 Å². The number of aliphatic imine (C=N–C) groups is 1. The fourth-order valence-electron chi connectivity index (χ4n) is 1.32. The monoisotopic (exact) mass is 220 g/mol. The maximum absolute atomic E-state index is 11.2. The minimum Gasteiger partial charge on any atom is -0.497 e. The quantitative estimate of drug-likeness (QED) is 0.751. The zero-order valence-electron chi connectivity index (χ0n) is 9.14. The molecule has 84 valence electrons. The molecule has 1 aromatic rings. The third kappa shape index (κ3) is 1.98. The molecule has 1 fully saturated rings. The zero-order valence-corrected chi connectivity index (χ0v) is 9.14. The normalized spacial score (nSPS) is 17.8. The van der Waals surface area contributed by atoms with Gasteiger partial charge in [0.25, 0.3) is 11.9 Å². The van der Waals surface area contributed by atoms with E-state index < -0.39 is 0 Å². The first kappa shape index (κ1) is 10.5. The van der Waals surface area contributed by atoms with Crippen LogP contribution in [-0.4, -0.2) is 37.6 Å². The Labute approximate surface area is 93.3 Å². The molecule has 0 aliphatic carbocycles. The van der Waals surface area contributed by atoms with E-state index in [9.17, 15) is 4.79 Å². The Hall–Kier alpha value is -2.04. The lowest BCUT2D eigenvalue weighted by Gasteiger charge is -2.06. The standard InChI is InChI=1S/C11H12N2O3/c1-13-10(14)7-16-11(13)12-8-4-3-5-9(6-8)15-2/h3-6H,7H2,1-2H3. The molecule has 5 nitrogen and oxygen atoms in total. The van der Waals surface area contributed by atoms with E-state index in [1.54, 1.807) is 20.2 Å². The van der Waals surface area contributed by atoms with Gasteiger partial charge in [-0.1, -0.05) is 6.07 Å². The van der Waals surface area contributed by atoms with Crippen LogP contribution in [0.2, 0.25) is 0 Å². The molecule has 16 heavy (non-hydrogen) atoms. The summed E-state index contributed by atoms with van der Waals surface area (Å²) in [7, 11) is 3.22. The van der Waals surface area contributed by atoms with Crippen LogP contribution in [0, 0.1) is 0 Å². The minimum absolute atomic E-state index is 0.0549. The highest BCUT2D eigenvalue weighted by Gasteiger charge is 2.25. The van der Waals surface area contributed by atoms with Crippen LogP contribution in [-0.2, 0) is 9.53 Å². The first-order chi connectivity index (χ1) is 7.70. The molecular formula is C11H12N2O3. The Morgan fingerprint density at radius 1 is 1.50 bits per heavy atom. The van der Waals surface area contributed by atoms with Crippen LogP contribution in [0.15, 0.2) is 29.3 Å². The van der Waals surface area contributed by atoms with Crippen molar-refractivity contribution in [1.29, 1.82) is 0 Å². The lowest BCUT2D eigenvalue weighted by Crippen LogP contribution is -2.24. The number of methoxy groups -OCH3 is 1. The molecule has 2 rings (SSSR count). The summed E-state index contributed by atoms with van der Waals surface area (Å²) >= 11 is 0. The first-order valence-electron chi connectivity index (χ1n) is 4.83.